The average molecular weight is 280 g/mol. The molecular weight excluding hydrogens is 259 g/mol. The van der Waals surface area contributed by atoms with Crippen LogP contribution in [0.5, 0.6) is 0 Å². The minimum absolute atomic E-state index is 0.227. The van der Waals surface area contributed by atoms with Crippen LogP contribution in [0.2, 0.25) is 0 Å². The molecule has 1 aromatic rings. The molecule has 1 heterocycles. The molecule has 104 valence electrons. The number of halogens is 1. The molecule has 0 aliphatic carbocycles. The maximum absolute atomic E-state index is 12.6. The first-order valence-electron chi connectivity index (χ1n) is 6.77. The standard InChI is InChI=1S/C15H21FN2S/c1-11(2)14-9-15(13-7-5-4-6-8-13)18(10-14)17-12(3)19-16/h4-8,11,14-15H,9-10H2,1-3H3/b17-12+. The molecule has 1 aromatic carbocycles. The molecular formula is C15H21FN2S. The quantitative estimate of drug-likeness (QED) is 0.591. The molecule has 0 aromatic heterocycles. The Hall–Kier alpha value is -1.03. The van der Waals surface area contributed by atoms with Gasteiger partial charge in [-0.1, -0.05) is 44.2 Å². The highest BCUT2D eigenvalue weighted by molar-refractivity contribution is 8.09. The first-order valence-corrected chi connectivity index (χ1v) is 7.49. The number of rotatable bonds is 3. The largest absolute Gasteiger partial charge is 0.288 e. The predicted octanol–water partition coefficient (Wildman–Crippen LogP) is 4.66. The second kappa shape index (κ2) is 6.42. The van der Waals surface area contributed by atoms with Gasteiger partial charge in [0, 0.05) is 6.54 Å². The van der Waals surface area contributed by atoms with E-state index in [0.29, 0.717) is 16.9 Å². The van der Waals surface area contributed by atoms with Crippen LogP contribution in [-0.4, -0.2) is 16.6 Å². The normalized spacial score (nSPS) is 24.3. The fourth-order valence-electron chi connectivity index (χ4n) is 2.62. The van der Waals surface area contributed by atoms with E-state index in [9.17, 15) is 3.89 Å². The Morgan fingerprint density at radius 2 is 2.05 bits per heavy atom. The Labute approximate surface area is 119 Å². The van der Waals surface area contributed by atoms with Gasteiger partial charge in [-0.2, -0.15) is 8.99 Å². The van der Waals surface area contributed by atoms with Crippen molar-refractivity contribution in [1.82, 2.24) is 5.01 Å². The average Bonchev–Trinajstić information content (AvgIpc) is 2.83. The van der Waals surface area contributed by atoms with Crippen molar-refractivity contribution < 1.29 is 3.89 Å². The highest BCUT2D eigenvalue weighted by atomic mass is 32.2. The summed E-state index contributed by atoms with van der Waals surface area (Å²) >= 11 is 0.227. The van der Waals surface area contributed by atoms with Gasteiger partial charge >= 0.3 is 0 Å². The molecule has 0 N–H and O–H groups in total. The molecule has 0 radical (unpaired) electrons. The summed E-state index contributed by atoms with van der Waals surface area (Å²) in [4.78, 5) is 0. The van der Waals surface area contributed by atoms with Gasteiger partial charge in [0.2, 0.25) is 0 Å². The van der Waals surface area contributed by atoms with Gasteiger partial charge in [-0.25, -0.2) is 0 Å². The fraction of sp³-hybridized carbons (Fsp3) is 0.533. The Morgan fingerprint density at radius 1 is 1.37 bits per heavy atom. The van der Waals surface area contributed by atoms with Gasteiger partial charge in [0.15, 0.2) is 0 Å². The van der Waals surface area contributed by atoms with Crippen molar-refractivity contribution in [2.24, 2.45) is 16.9 Å². The van der Waals surface area contributed by atoms with Crippen LogP contribution in [0.1, 0.15) is 38.8 Å². The summed E-state index contributed by atoms with van der Waals surface area (Å²) < 4.78 is 12.6. The lowest BCUT2D eigenvalue weighted by Gasteiger charge is -2.22. The molecule has 0 spiro atoms. The number of nitrogens with zero attached hydrogens (tertiary/aromatic N) is 2. The van der Waals surface area contributed by atoms with Crippen molar-refractivity contribution in [3.05, 3.63) is 35.9 Å². The Kier molecular flexibility index (Phi) is 4.86. The van der Waals surface area contributed by atoms with E-state index in [-0.39, 0.29) is 18.2 Å². The van der Waals surface area contributed by atoms with Gasteiger partial charge in [-0.15, -0.1) is 0 Å². The molecule has 2 atom stereocenters. The lowest BCUT2D eigenvalue weighted by molar-refractivity contribution is 0.262. The molecule has 1 aliphatic rings. The van der Waals surface area contributed by atoms with Gasteiger partial charge in [0.25, 0.3) is 0 Å². The van der Waals surface area contributed by atoms with E-state index < -0.39 is 0 Å². The molecule has 2 rings (SSSR count). The first kappa shape index (κ1) is 14.4. The molecule has 1 saturated heterocycles. The number of hydrazone groups is 1. The van der Waals surface area contributed by atoms with Crippen LogP contribution in [-0.2, 0) is 0 Å². The summed E-state index contributed by atoms with van der Waals surface area (Å²) in [7, 11) is 0. The van der Waals surface area contributed by atoms with Gasteiger partial charge in [-0.3, -0.25) is 5.01 Å². The number of benzene rings is 1. The van der Waals surface area contributed by atoms with Crippen LogP contribution in [0.25, 0.3) is 0 Å². The van der Waals surface area contributed by atoms with Gasteiger partial charge in [-0.05, 0) is 30.7 Å². The van der Waals surface area contributed by atoms with E-state index in [1.54, 1.807) is 6.92 Å². The fourth-order valence-corrected chi connectivity index (χ4v) is 2.76. The third-order valence-electron chi connectivity index (χ3n) is 3.82. The van der Waals surface area contributed by atoms with Crippen molar-refractivity contribution in [3.8, 4) is 0 Å². The maximum atomic E-state index is 12.6. The topological polar surface area (TPSA) is 15.6 Å². The molecule has 1 aliphatic heterocycles. The Bertz CT molecular complexity index is 433. The summed E-state index contributed by atoms with van der Waals surface area (Å²) in [6.07, 6.45) is 1.09. The monoisotopic (exact) mass is 280 g/mol. The molecule has 0 saturated carbocycles. The van der Waals surface area contributed by atoms with Crippen LogP contribution in [0.4, 0.5) is 3.89 Å². The van der Waals surface area contributed by atoms with E-state index in [1.165, 1.54) is 5.56 Å². The third kappa shape index (κ3) is 3.50. The first-order chi connectivity index (χ1) is 9.11. The zero-order valence-electron chi connectivity index (χ0n) is 11.7. The van der Waals surface area contributed by atoms with Crippen LogP contribution >= 0.6 is 12.1 Å². The molecule has 1 fully saturated rings. The van der Waals surface area contributed by atoms with Crippen LogP contribution in [0, 0.1) is 11.8 Å². The van der Waals surface area contributed by atoms with E-state index in [0.717, 1.165) is 13.0 Å². The summed E-state index contributed by atoms with van der Waals surface area (Å²) in [5.74, 6) is 1.25. The summed E-state index contributed by atoms with van der Waals surface area (Å²) in [5.41, 5.74) is 1.27. The second-order valence-electron chi connectivity index (χ2n) is 5.48. The van der Waals surface area contributed by atoms with E-state index in [4.69, 9.17) is 0 Å². The predicted molar refractivity (Wildman–Crippen MR) is 80.6 cm³/mol. The molecule has 2 unspecified atom stereocenters. The smallest absolute Gasteiger partial charge is 0.123 e. The number of hydrogen-bond donors (Lipinski definition) is 0. The van der Waals surface area contributed by atoms with Crippen molar-refractivity contribution in [3.63, 3.8) is 0 Å². The lowest BCUT2D eigenvalue weighted by atomic mass is 9.91. The second-order valence-corrected chi connectivity index (χ2v) is 6.23. The van der Waals surface area contributed by atoms with Crippen LogP contribution in [0.3, 0.4) is 0 Å². The molecule has 19 heavy (non-hydrogen) atoms. The summed E-state index contributed by atoms with van der Waals surface area (Å²) in [5, 5.41) is 6.96. The molecule has 0 amide bonds. The maximum Gasteiger partial charge on any atom is 0.123 e. The zero-order valence-corrected chi connectivity index (χ0v) is 12.5. The minimum Gasteiger partial charge on any atom is -0.288 e. The van der Waals surface area contributed by atoms with Crippen LogP contribution < -0.4 is 0 Å². The van der Waals surface area contributed by atoms with E-state index in [1.807, 2.05) is 6.07 Å². The molecule has 2 nitrogen and oxygen atoms in total. The van der Waals surface area contributed by atoms with Crippen molar-refractivity contribution in [1.29, 1.82) is 0 Å². The van der Waals surface area contributed by atoms with E-state index in [2.05, 4.69) is 48.2 Å². The Morgan fingerprint density at radius 3 is 2.63 bits per heavy atom. The van der Waals surface area contributed by atoms with Crippen molar-refractivity contribution in [2.75, 3.05) is 6.54 Å². The van der Waals surface area contributed by atoms with Crippen LogP contribution in [0.15, 0.2) is 35.4 Å². The molecule has 0 bridgehead atoms. The SMILES string of the molecule is C/C(=N\N1CC(C(C)C)CC1c1ccccc1)SF. The van der Waals surface area contributed by atoms with Gasteiger partial charge in [0.05, 0.1) is 18.2 Å². The van der Waals surface area contributed by atoms with Crippen molar-refractivity contribution in [2.45, 2.75) is 33.2 Å². The van der Waals surface area contributed by atoms with E-state index >= 15 is 0 Å². The lowest BCUT2D eigenvalue weighted by Crippen LogP contribution is -2.19. The minimum atomic E-state index is 0.227. The summed E-state index contributed by atoms with van der Waals surface area (Å²) in [6.45, 7) is 7.12. The third-order valence-corrected chi connectivity index (χ3v) is 4.12. The van der Waals surface area contributed by atoms with Gasteiger partial charge < -0.3 is 0 Å². The number of hydrogen-bond acceptors (Lipinski definition) is 3. The van der Waals surface area contributed by atoms with Crippen molar-refractivity contribution >= 4 is 17.2 Å². The van der Waals surface area contributed by atoms with Gasteiger partial charge in [0.1, 0.15) is 5.04 Å². The Balaban J connectivity index is 2.23. The highest BCUT2D eigenvalue weighted by Crippen LogP contribution is 2.39. The summed E-state index contributed by atoms with van der Waals surface area (Å²) in [6, 6.07) is 10.7. The highest BCUT2D eigenvalue weighted by Gasteiger charge is 2.34. The zero-order chi connectivity index (χ0) is 13.8. The molecule has 4 heteroatoms.